The Morgan fingerprint density at radius 2 is 1.90 bits per heavy atom. The number of benzene rings is 1. The molecular formula is C15H25N3O2. The fraction of sp³-hybridized carbons (Fsp3) is 0.533. The highest BCUT2D eigenvalue weighted by Crippen LogP contribution is 2.30. The lowest BCUT2D eigenvalue weighted by atomic mass is 10.1. The van der Waals surface area contributed by atoms with Gasteiger partial charge in [0.25, 0.3) is 0 Å². The molecule has 0 aliphatic carbocycles. The largest absolute Gasteiger partial charge is 0.493 e. The van der Waals surface area contributed by atoms with Gasteiger partial charge in [-0.25, -0.2) is 0 Å². The molecular weight excluding hydrogens is 254 g/mol. The van der Waals surface area contributed by atoms with E-state index in [4.69, 9.17) is 9.47 Å². The summed E-state index contributed by atoms with van der Waals surface area (Å²) >= 11 is 0. The maximum Gasteiger partial charge on any atom is 0.191 e. The standard InChI is InChI=1S/C15H25N3O2/c1-15(2,3)18-14(16-4)17-10-11-8-7-9-12(19-5)13(11)20-6/h7-9H,10H2,1-6H3,(H2,16,17,18). The number of ether oxygens (including phenoxy) is 2. The van der Waals surface area contributed by atoms with Crippen molar-refractivity contribution in [2.24, 2.45) is 4.99 Å². The second-order valence-electron chi connectivity index (χ2n) is 5.45. The van der Waals surface area contributed by atoms with Crippen molar-refractivity contribution in [2.75, 3.05) is 21.3 Å². The summed E-state index contributed by atoms with van der Waals surface area (Å²) in [6.07, 6.45) is 0. The lowest BCUT2D eigenvalue weighted by molar-refractivity contribution is 0.351. The molecule has 0 fully saturated rings. The Morgan fingerprint density at radius 1 is 1.20 bits per heavy atom. The van der Waals surface area contributed by atoms with Crippen LogP contribution in [0.15, 0.2) is 23.2 Å². The summed E-state index contributed by atoms with van der Waals surface area (Å²) in [5.74, 6) is 2.22. The van der Waals surface area contributed by atoms with E-state index >= 15 is 0 Å². The van der Waals surface area contributed by atoms with Crippen LogP contribution in [0, 0.1) is 0 Å². The molecule has 0 saturated carbocycles. The quantitative estimate of drug-likeness (QED) is 0.655. The molecule has 0 saturated heterocycles. The summed E-state index contributed by atoms with van der Waals surface area (Å²) in [4.78, 5) is 4.21. The van der Waals surface area contributed by atoms with Crippen LogP contribution in [-0.4, -0.2) is 32.8 Å². The van der Waals surface area contributed by atoms with Crippen LogP contribution in [0.25, 0.3) is 0 Å². The minimum Gasteiger partial charge on any atom is -0.493 e. The highest BCUT2D eigenvalue weighted by molar-refractivity contribution is 5.80. The molecule has 0 aromatic heterocycles. The van der Waals surface area contributed by atoms with E-state index in [0.717, 1.165) is 23.0 Å². The SMILES string of the molecule is CN=C(NCc1cccc(OC)c1OC)NC(C)(C)C. The molecule has 0 bridgehead atoms. The third kappa shape index (κ3) is 4.64. The van der Waals surface area contributed by atoms with Crippen molar-refractivity contribution in [1.29, 1.82) is 0 Å². The molecule has 0 aliphatic rings. The molecule has 2 N–H and O–H groups in total. The molecule has 0 aliphatic heterocycles. The topological polar surface area (TPSA) is 54.9 Å². The van der Waals surface area contributed by atoms with Crippen LogP contribution < -0.4 is 20.1 Å². The summed E-state index contributed by atoms with van der Waals surface area (Å²) in [5, 5.41) is 6.58. The van der Waals surface area contributed by atoms with Crippen molar-refractivity contribution in [3.8, 4) is 11.5 Å². The number of nitrogens with zero attached hydrogens (tertiary/aromatic N) is 1. The normalized spacial score (nSPS) is 12.0. The molecule has 0 radical (unpaired) electrons. The van der Waals surface area contributed by atoms with Crippen LogP contribution in [0.5, 0.6) is 11.5 Å². The minimum atomic E-state index is -0.0414. The fourth-order valence-electron chi connectivity index (χ4n) is 1.81. The molecule has 1 rings (SSSR count). The number of nitrogens with one attached hydrogen (secondary N) is 2. The van der Waals surface area contributed by atoms with E-state index in [9.17, 15) is 0 Å². The van der Waals surface area contributed by atoms with Gasteiger partial charge in [0.2, 0.25) is 0 Å². The number of hydrogen-bond donors (Lipinski definition) is 2. The van der Waals surface area contributed by atoms with Crippen molar-refractivity contribution in [3.05, 3.63) is 23.8 Å². The maximum absolute atomic E-state index is 5.41. The predicted molar refractivity (Wildman–Crippen MR) is 82.6 cm³/mol. The zero-order chi connectivity index (χ0) is 15.2. The van der Waals surface area contributed by atoms with E-state index in [1.165, 1.54) is 0 Å². The molecule has 5 nitrogen and oxygen atoms in total. The summed E-state index contributed by atoms with van der Waals surface area (Å²) in [6, 6.07) is 5.82. The first-order valence-electron chi connectivity index (χ1n) is 6.60. The van der Waals surface area contributed by atoms with Crippen molar-refractivity contribution in [2.45, 2.75) is 32.9 Å². The van der Waals surface area contributed by atoms with E-state index in [1.807, 2.05) is 18.2 Å². The Balaban J connectivity index is 2.79. The van der Waals surface area contributed by atoms with Crippen molar-refractivity contribution in [1.82, 2.24) is 10.6 Å². The Bertz CT molecular complexity index is 465. The van der Waals surface area contributed by atoms with Crippen molar-refractivity contribution < 1.29 is 9.47 Å². The van der Waals surface area contributed by atoms with Crippen LogP contribution in [0.2, 0.25) is 0 Å². The molecule has 20 heavy (non-hydrogen) atoms. The number of guanidine groups is 1. The van der Waals surface area contributed by atoms with E-state index in [1.54, 1.807) is 21.3 Å². The first-order chi connectivity index (χ1) is 9.41. The van der Waals surface area contributed by atoms with Gasteiger partial charge in [-0.2, -0.15) is 0 Å². The van der Waals surface area contributed by atoms with Gasteiger partial charge in [0, 0.05) is 24.7 Å². The third-order valence-corrected chi connectivity index (χ3v) is 2.65. The second kappa shape index (κ2) is 7.03. The number of rotatable bonds is 4. The van der Waals surface area contributed by atoms with Crippen LogP contribution in [0.4, 0.5) is 0 Å². The van der Waals surface area contributed by atoms with Gasteiger partial charge in [0.05, 0.1) is 14.2 Å². The number of aliphatic imine (C=N–C) groups is 1. The third-order valence-electron chi connectivity index (χ3n) is 2.65. The summed E-state index contributed by atoms with van der Waals surface area (Å²) in [7, 11) is 5.03. The van der Waals surface area contributed by atoms with Crippen LogP contribution in [0.3, 0.4) is 0 Å². The Hall–Kier alpha value is -1.91. The average molecular weight is 279 g/mol. The molecule has 0 spiro atoms. The summed E-state index contributed by atoms with van der Waals surface area (Å²) in [5.41, 5.74) is 0.976. The molecule has 1 aromatic rings. The van der Waals surface area contributed by atoms with Crippen LogP contribution >= 0.6 is 0 Å². The Labute approximate surface area is 121 Å². The van der Waals surface area contributed by atoms with Crippen LogP contribution in [-0.2, 0) is 6.54 Å². The predicted octanol–water partition coefficient (Wildman–Crippen LogP) is 2.17. The molecule has 0 amide bonds. The monoisotopic (exact) mass is 279 g/mol. The van der Waals surface area contributed by atoms with E-state index in [2.05, 4.69) is 36.4 Å². The molecule has 5 heteroatoms. The minimum absolute atomic E-state index is 0.0414. The van der Waals surface area contributed by atoms with Crippen molar-refractivity contribution in [3.63, 3.8) is 0 Å². The number of para-hydroxylation sites is 1. The van der Waals surface area contributed by atoms with Gasteiger partial charge >= 0.3 is 0 Å². The average Bonchev–Trinajstić information content (AvgIpc) is 2.41. The number of hydrogen-bond acceptors (Lipinski definition) is 3. The first kappa shape index (κ1) is 16.1. The highest BCUT2D eigenvalue weighted by atomic mass is 16.5. The van der Waals surface area contributed by atoms with Gasteiger partial charge in [-0.05, 0) is 26.8 Å². The summed E-state index contributed by atoms with van der Waals surface area (Å²) < 4.78 is 10.7. The second-order valence-corrected chi connectivity index (χ2v) is 5.45. The summed E-state index contributed by atoms with van der Waals surface area (Å²) in [6.45, 7) is 6.88. The Morgan fingerprint density at radius 3 is 2.40 bits per heavy atom. The lowest BCUT2D eigenvalue weighted by Crippen LogP contribution is -2.47. The zero-order valence-electron chi connectivity index (χ0n) is 13.2. The van der Waals surface area contributed by atoms with Crippen LogP contribution in [0.1, 0.15) is 26.3 Å². The van der Waals surface area contributed by atoms with Crippen molar-refractivity contribution >= 4 is 5.96 Å². The highest BCUT2D eigenvalue weighted by Gasteiger charge is 2.13. The first-order valence-corrected chi connectivity index (χ1v) is 6.60. The van der Waals surface area contributed by atoms with E-state index in [-0.39, 0.29) is 5.54 Å². The molecule has 0 atom stereocenters. The lowest BCUT2D eigenvalue weighted by Gasteiger charge is -2.24. The van der Waals surface area contributed by atoms with Gasteiger partial charge in [0.15, 0.2) is 17.5 Å². The van der Waals surface area contributed by atoms with Gasteiger partial charge in [-0.1, -0.05) is 12.1 Å². The number of methoxy groups -OCH3 is 2. The van der Waals surface area contributed by atoms with Gasteiger partial charge < -0.3 is 20.1 Å². The molecule has 0 unspecified atom stereocenters. The van der Waals surface area contributed by atoms with Gasteiger partial charge in [-0.3, -0.25) is 4.99 Å². The zero-order valence-corrected chi connectivity index (χ0v) is 13.2. The van der Waals surface area contributed by atoms with Gasteiger partial charge in [-0.15, -0.1) is 0 Å². The smallest absolute Gasteiger partial charge is 0.191 e. The van der Waals surface area contributed by atoms with E-state index < -0.39 is 0 Å². The molecule has 0 heterocycles. The molecule has 112 valence electrons. The molecule has 1 aromatic carbocycles. The van der Waals surface area contributed by atoms with E-state index in [0.29, 0.717) is 6.54 Å². The fourth-order valence-corrected chi connectivity index (χ4v) is 1.81. The maximum atomic E-state index is 5.41. The Kier molecular flexibility index (Phi) is 5.67. The van der Waals surface area contributed by atoms with Gasteiger partial charge in [0.1, 0.15) is 0 Å².